The van der Waals surface area contributed by atoms with Crippen LogP contribution in [0.5, 0.6) is 0 Å². The van der Waals surface area contributed by atoms with E-state index >= 15 is 0 Å². The van der Waals surface area contributed by atoms with E-state index in [1.54, 1.807) is 0 Å². The molecule has 23 heavy (non-hydrogen) atoms. The fraction of sp³-hybridized carbons (Fsp3) is 0.375. The second-order valence-electron chi connectivity index (χ2n) is 5.63. The number of hydrogen-bond donors (Lipinski definition) is 3. The van der Waals surface area contributed by atoms with Crippen LogP contribution >= 0.6 is 22.9 Å². The van der Waals surface area contributed by atoms with E-state index in [1.807, 2.05) is 24.3 Å². The van der Waals surface area contributed by atoms with E-state index in [4.69, 9.17) is 11.6 Å². The van der Waals surface area contributed by atoms with Crippen LogP contribution in [0, 0.1) is 0 Å². The highest BCUT2D eigenvalue weighted by atomic mass is 35.5. The summed E-state index contributed by atoms with van der Waals surface area (Å²) in [6.07, 6.45) is 5.47. The number of urea groups is 1. The zero-order chi connectivity index (χ0) is 16.2. The van der Waals surface area contributed by atoms with Gasteiger partial charge in [-0.2, -0.15) is 0 Å². The van der Waals surface area contributed by atoms with Gasteiger partial charge in [-0.15, -0.1) is 11.3 Å². The molecule has 0 atom stereocenters. The molecule has 0 unspecified atom stereocenters. The van der Waals surface area contributed by atoms with Crippen molar-refractivity contribution in [1.29, 1.82) is 0 Å². The molecule has 7 heteroatoms. The Hall–Kier alpha value is -1.79. The lowest BCUT2D eigenvalue weighted by Crippen LogP contribution is -2.50. The minimum Gasteiger partial charge on any atom is -0.334 e. The van der Waals surface area contributed by atoms with Crippen molar-refractivity contribution in [2.45, 2.75) is 38.1 Å². The molecule has 1 saturated carbocycles. The van der Waals surface area contributed by atoms with Crippen molar-refractivity contribution < 1.29 is 9.59 Å². The summed E-state index contributed by atoms with van der Waals surface area (Å²) < 4.78 is 0.939. The summed E-state index contributed by atoms with van der Waals surface area (Å²) >= 11 is 7.55. The Morgan fingerprint density at radius 1 is 1.09 bits per heavy atom. The molecule has 1 aliphatic carbocycles. The molecule has 122 valence electrons. The van der Waals surface area contributed by atoms with Gasteiger partial charge < -0.3 is 5.32 Å². The first-order valence-corrected chi connectivity index (χ1v) is 8.88. The number of fused-ring (bicyclic) bond motifs is 1. The molecule has 0 saturated heterocycles. The van der Waals surface area contributed by atoms with Crippen LogP contribution in [0.15, 0.2) is 24.3 Å². The number of carbonyl (C=O) groups excluding carboxylic acids is 2. The maximum atomic E-state index is 12.2. The molecule has 0 radical (unpaired) electrons. The highest BCUT2D eigenvalue weighted by molar-refractivity contribution is 7.21. The van der Waals surface area contributed by atoms with E-state index < -0.39 is 5.91 Å². The van der Waals surface area contributed by atoms with E-state index in [-0.39, 0.29) is 12.1 Å². The summed E-state index contributed by atoms with van der Waals surface area (Å²) in [6, 6.07) is 7.35. The van der Waals surface area contributed by atoms with Gasteiger partial charge in [0.15, 0.2) is 0 Å². The molecule has 3 rings (SSSR count). The Morgan fingerprint density at radius 2 is 1.83 bits per heavy atom. The van der Waals surface area contributed by atoms with Crippen molar-refractivity contribution >= 4 is 45.0 Å². The second kappa shape index (κ2) is 7.19. The Kier molecular flexibility index (Phi) is 5.03. The third-order valence-electron chi connectivity index (χ3n) is 3.97. The number of hydrazine groups is 1. The van der Waals surface area contributed by atoms with Crippen LogP contribution in [-0.4, -0.2) is 18.0 Å². The number of carbonyl (C=O) groups is 2. The number of thiophene rings is 1. The number of nitrogens with one attached hydrogen (secondary N) is 3. The molecule has 3 amide bonds. The van der Waals surface area contributed by atoms with Gasteiger partial charge in [-0.3, -0.25) is 10.2 Å². The molecule has 1 heterocycles. The average molecular weight is 352 g/mol. The van der Waals surface area contributed by atoms with Gasteiger partial charge in [-0.05, 0) is 18.9 Å². The minimum absolute atomic E-state index is 0.188. The summed E-state index contributed by atoms with van der Waals surface area (Å²) in [5, 5.41) is 4.13. The summed E-state index contributed by atoms with van der Waals surface area (Å²) in [4.78, 5) is 24.4. The first-order valence-electron chi connectivity index (χ1n) is 7.69. The zero-order valence-electron chi connectivity index (χ0n) is 12.5. The Balaban J connectivity index is 1.57. The van der Waals surface area contributed by atoms with Crippen molar-refractivity contribution in [3.05, 3.63) is 34.2 Å². The first-order chi connectivity index (χ1) is 11.1. The molecular weight excluding hydrogens is 334 g/mol. The van der Waals surface area contributed by atoms with Gasteiger partial charge in [-0.1, -0.05) is 49.1 Å². The van der Waals surface area contributed by atoms with E-state index in [0.717, 1.165) is 35.8 Å². The highest BCUT2D eigenvalue weighted by Crippen LogP contribution is 2.34. The van der Waals surface area contributed by atoms with Crippen LogP contribution in [0.3, 0.4) is 0 Å². The van der Waals surface area contributed by atoms with Gasteiger partial charge in [0.1, 0.15) is 4.88 Å². The number of hydrogen-bond acceptors (Lipinski definition) is 3. The smallest absolute Gasteiger partial charge is 0.333 e. The molecule has 1 aromatic carbocycles. The van der Waals surface area contributed by atoms with Gasteiger partial charge in [0.05, 0.1) is 5.02 Å². The largest absolute Gasteiger partial charge is 0.334 e. The number of rotatable bonds is 2. The highest BCUT2D eigenvalue weighted by Gasteiger charge is 2.19. The van der Waals surface area contributed by atoms with Crippen molar-refractivity contribution in [2.75, 3.05) is 0 Å². The standard InChI is InChI=1S/C16H18ClN3O2S/c17-13-11-8-4-5-9-12(11)23-14(13)15(21)19-20-16(22)18-10-6-2-1-3-7-10/h4-5,8-10H,1-3,6-7H2,(H,19,21)(H2,18,20,22). The topological polar surface area (TPSA) is 70.2 Å². The maximum Gasteiger partial charge on any atom is 0.333 e. The van der Waals surface area contributed by atoms with Crippen LogP contribution in [0.4, 0.5) is 4.79 Å². The zero-order valence-corrected chi connectivity index (χ0v) is 14.1. The number of amides is 3. The predicted molar refractivity (Wildman–Crippen MR) is 92.8 cm³/mol. The van der Waals surface area contributed by atoms with E-state index in [2.05, 4.69) is 16.2 Å². The normalized spacial score (nSPS) is 15.3. The van der Waals surface area contributed by atoms with Gasteiger partial charge in [0.2, 0.25) is 0 Å². The molecule has 2 aromatic rings. The quantitative estimate of drug-likeness (QED) is 0.719. The predicted octanol–water partition coefficient (Wildman–Crippen LogP) is 3.83. The average Bonchev–Trinajstić information content (AvgIpc) is 2.91. The lowest BCUT2D eigenvalue weighted by Gasteiger charge is -2.22. The lowest BCUT2D eigenvalue weighted by atomic mass is 9.96. The molecule has 1 aromatic heterocycles. The van der Waals surface area contributed by atoms with Crippen molar-refractivity contribution in [3.63, 3.8) is 0 Å². The molecule has 0 bridgehead atoms. The second-order valence-corrected chi connectivity index (χ2v) is 7.06. The minimum atomic E-state index is -0.407. The van der Waals surface area contributed by atoms with Crippen LogP contribution in [0.1, 0.15) is 41.8 Å². The summed E-state index contributed by atoms with van der Waals surface area (Å²) in [5.41, 5.74) is 4.81. The Bertz CT molecular complexity index is 725. The number of halogens is 1. The molecule has 5 nitrogen and oxygen atoms in total. The molecular formula is C16H18ClN3O2S. The van der Waals surface area contributed by atoms with Gasteiger partial charge in [-0.25, -0.2) is 10.2 Å². The lowest BCUT2D eigenvalue weighted by molar-refractivity contribution is 0.0940. The monoisotopic (exact) mass is 351 g/mol. The van der Waals surface area contributed by atoms with Crippen LogP contribution in [0.25, 0.3) is 10.1 Å². The molecule has 0 spiro atoms. The van der Waals surface area contributed by atoms with Crippen molar-refractivity contribution in [1.82, 2.24) is 16.2 Å². The van der Waals surface area contributed by atoms with E-state index in [9.17, 15) is 9.59 Å². The van der Waals surface area contributed by atoms with Gasteiger partial charge in [0, 0.05) is 16.1 Å². The summed E-state index contributed by atoms with van der Waals surface area (Å²) in [5.74, 6) is -0.407. The van der Waals surface area contributed by atoms with Gasteiger partial charge >= 0.3 is 6.03 Å². The molecule has 1 fully saturated rings. The summed E-state index contributed by atoms with van der Waals surface area (Å²) in [7, 11) is 0. The van der Waals surface area contributed by atoms with Crippen LogP contribution in [0.2, 0.25) is 5.02 Å². The van der Waals surface area contributed by atoms with E-state index in [0.29, 0.717) is 9.90 Å². The number of benzene rings is 1. The molecule has 3 N–H and O–H groups in total. The Morgan fingerprint density at radius 3 is 2.57 bits per heavy atom. The first kappa shape index (κ1) is 16.1. The van der Waals surface area contributed by atoms with Crippen molar-refractivity contribution in [3.8, 4) is 0 Å². The summed E-state index contributed by atoms with van der Waals surface area (Å²) in [6.45, 7) is 0. The Labute approximate surface area is 143 Å². The SMILES string of the molecule is O=C(NNC(=O)c1sc2ccccc2c1Cl)NC1CCCCC1. The van der Waals surface area contributed by atoms with Gasteiger partial charge in [0.25, 0.3) is 5.91 Å². The molecule has 1 aliphatic rings. The molecule has 0 aliphatic heterocycles. The maximum absolute atomic E-state index is 12.2. The fourth-order valence-electron chi connectivity index (χ4n) is 2.80. The fourth-order valence-corrected chi connectivity index (χ4v) is 4.21. The third-order valence-corrected chi connectivity index (χ3v) is 5.65. The van der Waals surface area contributed by atoms with Crippen molar-refractivity contribution in [2.24, 2.45) is 0 Å². The van der Waals surface area contributed by atoms with Crippen LogP contribution < -0.4 is 16.2 Å². The third kappa shape index (κ3) is 3.76. The van der Waals surface area contributed by atoms with E-state index in [1.165, 1.54) is 17.8 Å². The van der Waals surface area contributed by atoms with Crippen LogP contribution in [-0.2, 0) is 0 Å².